The molecule has 88 valence electrons. The molecule has 1 aliphatic rings. The second-order valence-electron chi connectivity index (χ2n) is 3.74. The Hall–Kier alpha value is -1.97. The molecular formula is C13H11FO3. The molecule has 0 atom stereocenters. The van der Waals surface area contributed by atoms with Crippen LogP contribution in [0.15, 0.2) is 29.8 Å². The van der Waals surface area contributed by atoms with E-state index in [-0.39, 0.29) is 29.5 Å². The highest BCUT2D eigenvalue weighted by Crippen LogP contribution is 2.29. The van der Waals surface area contributed by atoms with Gasteiger partial charge in [-0.1, -0.05) is 12.1 Å². The van der Waals surface area contributed by atoms with E-state index in [0.29, 0.717) is 11.1 Å². The third-order valence-corrected chi connectivity index (χ3v) is 2.56. The van der Waals surface area contributed by atoms with E-state index in [4.69, 9.17) is 4.74 Å². The highest BCUT2D eigenvalue weighted by Gasteiger charge is 2.26. The largest absolute Gasteiger partial charge is 0.490 e. The first kappa shape index (κ1) is 11.5. The lowest BCUT2D eigenvalue weighted by Crippen LogP contribution is -2.17. The van der Waals surface area contributed by atoms with Gasteiger partial charge >= 0.3 is 0 Å². The van der Waals surface area contributed by atoms with Crippen LogP contribution in [0.4, 0.5) is 4.39 Å². The summed E-state index contributed by atoms with van der Waals surface area (Å²) in [5, 5.41) is 0. The minimum atomic E-state index is -0.638. The summed E-state index contributed by atoms with van der Waals surface area (Å²) in [5.74, 6) is -0.195. The summed E-state index contributed by atoms with van der Waals surface area (Å²) in [5.41, 5.74) is 0.966. The molecule has 0 bridgehead atoms. The van der Waals surface area contributed by atoms with E-state index in [1.165, 1.54) is 6.08 Å². The van der Waals surface area contributed by atoms with Crippen molar-refractivity contribution < 1.29 is 18.7 Å². The quantitative estimate of drug-likeness (QED) is 0.804. The van der Waals surface area contributed by atoms with Gasteiger partial charge in [-0.2, -0.15) is 0 Å². The SMILES string of the molecule is CC1=CC(=O)c2c(OCC[18F])cccc2C1=O. The maximum atomic E-state index is 12.1. The molecule has 17 heavy (non-hydrogen) atoms. The monoisotopic (exact) mass is 233 g/mol. The van der Waals surface area contributed by atoms with Crippen molar-refractivity contribution >= 4 is 11.6 Å². The molecule has 0 unspecified atom stereocenters. The summed E-state index contributed by atoms with van der Waals surface area (Å²) >= 11 is 0. The van der Waals surface area contributed by atoms with E-state index in [1.54, 1.807) is 25.1 Å². The molecule has 1 aromatic carbocycles. The lowest BCUT2D eigenvalue weighted by atomic mass is 9.89. The predicted molar refractivity (Wildman–Crippen MR) is 60.3 cm³/mol. The number of rotatable bonds is 3. The Morgan fingerprint density at radius 3 is 2.76 bits per heavy atom. The Kier molecular flexibility index (Phi) is 3.04. The standard InChI is InChI=1S/C13H11FO3/c1-8-7-10(15)12-9(13(8)16)3-2-4-11(12)17-6-5-14/h2-4,7H,5-6H2,1H3/i14-1. The molecule has 0 aromatic heterocycles. The van der Waals surface area contributed by atoms with Crippen molar-refractivity contribution in [2.75, 3.05) is 13.3 Å². The van der Waals surface area contributed by atoms with E-state index in [2.05, 4.69) is 0 Å². The van der Waals surface area contributed by atoms with Crippen molar-refractivity contribution in [1.82, 2.24) is 0 Å². The Balaban J connectivity index is 2.50. The van der Waals surface area contributed by atoms with Crippen molar-refractivity contribution in [2.24, 2.45) is 0 Å². The van der Waals surface area contributed by atoms with Gasteiger partial charge in [0.1, 0.15) is 19.0 Å². The van der Waals surface area contributed by atoms with Crippen molar-refractivity contribution in [3.63, 3.8) is 0 Å². The number of benzene rings is 1. The Morgan fingerprint density at radius 1 is 1.29 bits per heavy atom. The fourth-order valence-electron chi connectivity index (χ4n) is 1.79. The number of ketones is 2. The number of alkyl halides is 1. The minimum Gasteiger partial charge on any atom is -0.490 e. The van der Waals surface area contributed by atoms with Crippen LogP contribution in [-0.2, 0) is 0 Å². The van der Waals surface area contributed by atoms with Gasteiger partial charge in [0.2, 0.25) is 0 Å². The number of ether oxygens (including phenoxy) is 1. The molecule has 0 spiro atoms. The van der Waals surface area contributed by atoms with Crippen LogP contribution in [0.25, 0.3) is 0 Å². The van der Waals surface area contributed by atoms with Crippen molar-refractivity contribution in [1.29, 1.82) is 0 Å². The normalized spacial score (nSPS) is 14.4. The number of allylic oxidation sites excluding steroid dienone is 2. The number of hydrogen-bond donors (Lipinski definition) is 0. The maximum Gasteiger partial charge on any atom is 0.190 e. The molecule has 0 heterocycles. The molecule has 2 rings (SSSR count). The van der Waals surface area contributed by atoms with Crippen molar-refractivity contribution in [2.45, 2.75) is 6.92 Å². The number of carbonyl (C=O) groups excluding carboxylic acids is 2. The summed E-state index contributed by atoms with van der Waals surface area (Å²) < 4.78 is 17.2. The molecular weight excluding hydrogens is 222 g/mol. The van der Waals surface area contributed by atoms with Gasteiger partial charge in [-0.15, -0.1) is 0 Å². The molecule has 0 saturated heterocycles. The second kappa shape index (κ2) is 4.49. The van der Waals surface area contributed by atoms with E-state index in [9.17, 15) is 14.0 Å². The van der Waals surface area contributed by atoms with Gasteiger partial charge in [0.05, 0.1) is 5.56 Å². The van der Waals surface area contributed by atoms with Crippen LogP contribution in [0.5, 0.6) is 5.75 Å². The van der Waals surface area contributed by atoms with Gasteiger partial charge in [-0.3, -0.25) is 9.59 Å². The van der Waals surface area contributed by atoms with Crippen LogP contribution < -0.4 is 4.74 Å². The number of carbonyl (C=O) groups is 2. The van der Waals surface area contributed by atoms with Crippen LogP contribution in [0, 0.1) is 0 Å². The molecule has 0 amide bonds. The Morgan fingerprint density at radius 2 is 2.06 bits per heavy atom. The topological polar surface area (TPSA) is 43.4 Å². The molecule has 0 fully saturated rings. The van der Waals surface area contributed by atoms with Crippen LogP contribution >= 0.6 is 0 Å². The van der Waals surface area contributed by atoms with Crippen LogP contribution in [-0.4, -0.2) is 24.8 Å². The van der Waals surface area contributed by atoms with Gasteiger partial charge in [0.25, 0.3) is 0 Å². The second-order valence-corrected chi connectivity index (χ2v) is 3.74. The first-order valence-electron chi connectivity index (χ1n) is 5.24. The number of Topliss-reactive ketones (excluding diaryl/α,β-unsaturated/α-hetero) is 1. The molecule has 4 heteroatoms. The van der Waals surface area contributed by atoms with Crippen molar-refractivity contribution in [3.05, 3.63) is 41.0 Å². The summed E-state index contributed by atoms with van der Waals surface area (Å²) in [6, 6.07) is 4.76. The van der Waals surface area contributed by atoms with E-state index >= 15 is 0 Å². The predicted octanol–water partition coefficient (Wildman–Crippen LogP) is 2.36. The highest BCUT2D eigenvalue weighted by molar-refractivity contribution is 6.25. The van der Waals surface area contributed by atoms with E-state index in [0.717, 1.165) is 0 Å². The summed E-state index contributed by atoms with van der Waals surface area (Å²) in [6.45, 7) is 0.833. The summed E-state index contributed by atoms with van der Waals surface area (Å²) in [4.78, 5) is 23.7. The van der Waals surface area contributed by atoms with E-state index < -0.39 is 6.67 Å². The molecule has 0 aliphatic heterocycles. The number of fused-ring (bicyclic) bond motifs is 1. The average Bonchev–Trinajstić information content (AvgIpc) is 2.33. The lowest BCUT2D eigenvalue weighted by Gasteiger charge is -2.16. The minimum absolute atomic E-state index is 0.124. The van der Waals surface area contributed by atoms with Gasteiger partial charge in [-0.05, 0) is 19.1 Å². The Bertz CT molecular complexity index is 517. The Labute approximate surface area is 97.9 Å². The maximum absolute atomic E-state index is 12.1. The molecule has 0 radical (unpaired) electrons. The van der Waals surface area contributed by atoms with Crippen LogP contribution in [0.3, 0.4) is 0 Å². The van der Waals surface area contributed by atoms with Gasteiger partial charge in [-0.25, -0.2) is 4.39 Å². The zero-order valence-electron chi connectivity index (χ0n) is 9.33. The first-order valence-corrected chi connectivity index (χ1v) is 5.24. The molecule has 3 nitrogen and oxygen atoms in total. The third-order valence-electron chi connectivity index (χ3n) is 2.56. The van der Waals surface area contributed by atoms with Gasteiger partial charge in [0, 0.05) is 11.1 Å². The highest BCUT2D eigenvalue weighted by atomic mass is 18.2. The van der Waals surface area contributed by atoms with Gasteiger partial charge < -0.3 is 4.74 Å². The summed E-state index contributed by atoms with van der Waals surface area (Å²) in [6.07, 6.45) is 1.28. The molecule has 1 aromatic rings. The number of hydrogen-bond acceptors (Lipinski definition) is 3. The van der Waals surface area contributed by atoms with Crippen molar-refractivity contribution in [3.8, 4) is 5.75 Å². The first-order chi connectivity index (χ1) is 8.15. The molecule has 1 aliphatic carbocycles. The van der Waals surface area contributed by atoms with Crippen LogP contribution in [0.1, 0.15) is 27.6 Å². The molecule has 0 saturated carbocycles. The third kappa shape index (κ3) is 1.98. The molecule has 0 N–H and O–H groups in total. The number of halogens is 1. The average molecular weight is 233 g/mol. The van der Waals surface area contributed by atoms with E-state index in [1.807, 2.05) is 0 Å². The fourth-order valence-corrected chi connectivity index (χ4v) is 1.79. The van der Waals surface area contributed by atoms with Gasteiger partial charge in [0.15, 0.2) is 11.6 Å². The van der Waals surface area contributed by atoms with Crippen LogP contribution in [0.2, 0.25) is 0 Å². The zero-order valence-corrected chi connectivity index (χ0v) is 9.33. The fraction of sp³-hybridized carbons (Fsp3) is 0.231. The smallest absolute Gasteiger partial charge is 0.190 e. The lowest BCUT2D eigenvalue weighted by molar-refractivity contribution is 0.0981. The summed E-state index contributed by atoms with van der Waals surface area (Å²) in [7, 11) is 0. The zero-order chi connectivity index (χ0) is 12.4.